The quantitative estimate of drug-likeness (QED) is 0.753. The van der Waals surface area contributed by atoms with Crippen molar-refractivity contribution in [2.45, 2.75) is 51.9 Å². The Morgan fingerprint density at radius 3 is 2.05 bits per heavy atom. The molecule has 2 heteroatoms. The van der Waals surface area contributed by atoms with Crippen molar-refractivity contribution in [1.29, 1.82) is 0 Å². The van der Waals surface area contributed by atoms with Crippen LogP contribution in [0.4, 0.5) is 0 Å². The van der Waals surface area contributed by atoms with Gasteiger partial charge < -0.3 is 0 Å². The van der Waals surface area contributed by atoms with Gasteiger partial charge in [0, 0.05) is 24.3 Å². The van der Waals surface area contributed by atoms with Crippen LogP contribution in [0.25, 0.3) is 0 Å². The van der Waals surface area contributed by atoms with Gasteiger partial charge in [0.1, 0.15) is 5.78 Å². The normalized spacial score (nSPS) is 17.5. The van der Waals surface area contributed by atoms with Crippen LogP contribution >= 0.6 is 0 Å². The van der Waals surface area contributed by atoms with Crippen molar-refractivity contribution in [2.75, 3.05) is 0 Å². The summed E-state index contributed by atoms with van der Waals surface area (Å²) in [4.78, 5) is 23.6. The highest BCUT2D eigenvalue weighted by molar-refractivity contribution is 5.98. The lowest BCUT2D eigenvalue weighted by Crippen LogP contribution is -2.22. The lowest BCUT2D eigenvalue weighted by atomic mass is 9.82. The summed E-state index contributed by atoms with van der Waals surface area (Å²) in [5, 5.41) is 0. The fourth-order valence-corrected chi connectivity index (χ4v) is 2.57. The lowest BCUT2D eigenvalue weighted by Gasteiger charge is -2.21. The van der Waals surface area contributed by atoms with Crippen molar-refractivity contribution >= 4 is 11.6 Å². The predicted molar refractivity (Wildman–Crippen MR) is 76.4 cm³/mol. The molecule has 0 unspecified atom stereocenters. The van der Waals surface area contributed by atoms with Crippen molar-refractivity contribution in [1.82, 2.24) is 0 Å². The summed E-state index contributed by atoms with van der Waals surface area (Å²) in [5.41, 5.74) is 2.13. The number of carbonyl (C=O) groups is 2. The molecule has 1 aliphatic rings. The third-order valence-electron chi connectivity index (χ3n) is 3.95. The fraction of sp³-hybridized carbons (Fsp3) is 0.529. The van der Waals surface area contributed by atoms with E-state index in [-0.39, 0.29) is 17.1 Å². The number of carbonyl (C=O) groups excluding carboxylic acids is 2. The van der Waals surface area contributed by atoms with E-state index in [9.17, 15) is 9.59 Å². The van der Waals surface area contributed by atoms with Gasteiger partial charge in [-0.15, -0.1) is 0 Å². The van der Waals surface area contributed by atoms with Gasteiger partial charge >= 0.3 is 0 Å². The van der Waals surface area contributed by atoms with Gasteiger partial charge in [0.05, 0.1) is 0 Å². The molecule has 0 heterocycles. The Labute approximate surface area is 115 Å². The van der Waals surface area contributed by atoms with E-state index >= 15 is 0 Å². The van der Waals surface area contributed by atoms with Crippen LogP contribution in [0.3, 0.4) is 0 Å². The average Bonchev–Trinajstić information content (AvgIpc) is 2.38. The molecule has 1 fully saturated rings. The summed E-state index contributed by atoms with van der Waals surface area (Å²) in [6, 6.07) is 7.95. The summed E-state index contributed by atoms with van der Waals surface area (Å²) in [7, 11) is 0. The SMILES string of the molecule is CC(C)(C)c1ccc(C(=O)C2CCC(=O)CC2)cc1. The third kappa shape index (κ3) is 3.31. The zero-order valence-electron chi connectivity index (χ0n) is 12.0. The highest BCUT2D eigenvalue weighted by atomic mass is 16.1. The summed E-state index contributed by atoms with van der Waals surface area (Å²) >= 11 is 0. The Bertz CT molecular complexity index is 467. The first-order valence-electron chi connectivity index (χ1n) is 7.04. The number of rotatable bonds is 2. The van der Waals surface area contributed by atoms with E-state index in [1.165, 1.54) is 5.56 Å². The number of hydrogen-bond acceptors (Lipinski definition) is 2. The second-order valence-electron chi connectivity index (χ2n) is 6.50. The predicted octanol–water partition coefficient (Wildman–Crippen LogP) is 3.93. The maximum atomic E-state index is 12.4. The van der Waals surface area contributed by atoms with Crippen LogP contribution in [0.5, 0.6) is 0 Å². The molecule has 0 saturated heterocycles. The van der Waals surface area contributed by atoms with Crippen LogP contribution in [0.2, 0.25) is 0 Å². The third-order valence-corrected chi connectivity index (χ3v) is 3.95. The van der Waals surface area contributed by atoms with Crippen molar-refractivity contribution < 1.29 is 9.59 Å². The zero-order valence-corrected chi connectivity index (χ0v) is 12.0. The molecule has 0 atom stereocenters. The molecular weight excluding hydrogens is 236 g/mol. The molecule has 19 heavy (non-hydrogen) atoms. The Balaban J connectivity index is 2.10. The molecule has 0 bridgehead atoms. The topological polar surface area (TPSA) is 34.1 Å². The van der Waals surface area contributed by atoms with E-state index in [0.717, 1.165) is 18.4 Å². The van der Waals surface area contributed by atoms with E-state index in [4.69, 9.17) is 0 Å². The van der Waals surface area contributed by atoms with E-state index in [1.807, 2.05) is 24.3 Å². The van der Waals surface area contributed by atoms with Crippen LogP contribution < -0.4 is 0 Å². The summed E-state index contributed by atoms with van der Waals surface area (Å²) in [6.07, 6.45) is 2.57. The molecule has 0 aliphatic heterocycles. The van der Waals surface area contributed by atoms with Crippen LogP contribution in [-0.2, 0) is 10.2 Å². The number of ketones is 2. The minimum atomic E-state index is 0.0400. The average molecular weight is 258 g/mol. The van der Waals surface area contributed by atoms with E-state index < -0.39 is 0 Å². The molecule has 0 amide bonds. The monoisotopic (exact) mass is 258 g/mol. The van der Waals surface area contributed by atoms with E-state index in [2.05, 4.69) is 20.8 Å². The van der Waals surface area contributed by atoms with Gasteiger partial charge in [-0.05, 0) is 23.8 Å². The molecule has 0 spiro atoms. The molecule has 1 aliphatic carbocycles. The fourth-order valence-electron chi connectivity index (χ4n) is 2.57. The van der Waals surface area contributed by atoms with Crippen LogP contribution in [-0.4, -0.2) is 11.6 Å². The molecule has 0 N–H and O–H groups in total. The Morgan fingerprint density at radius 2 is 1.58 bits per heavy atom. The van der Waals surface area contributed by atoms with E-state index in [1.54, 1.807) is 0 Å². The second-order valence-corrected chi connectivity index (χ2v) is 6.50. The van der Waals surface area contributed by atoms with Gasteiger partial charge in [-0.25, -0.2) is 0 Å². The van der Waals surface area contributed by atoms with Crippen LogP contribution in [0.15, 0.2) is 24.3 Å². The minimum Gasteiger partial charge on any atom is -0.300 e. The van der Waals surface area contributed by atoms with Gasteiger partial charge in [-0.2, -0.15) is 0 Å². The van der Waals surface area contributed by atoms with Gasteiger partial charge in [0.25, 0.3) is 0 Å². The van der Waals surface area contributed by atoms with Gasteiger partial charge in [0.15, 0.2) is 5.78 Å². The summed E-state index contributed by atoms with van der Waals surface area (Å²) in [6.45, 7) is 6.49. The standard InChI is InChI=1S/C17H22O2/c1-17(2,3)14-8-4-12(5-9-14)16(19)13-6-10-15(18)11-7-13/h4-5,8-9,13H,6-7,10-11H2,1-3H3. The highest BCUT2D eigenvalue weighted by Gasteiger charge is 2.25. The van der Waals surface area contributed by atoms with Gasteiger partial charge in [-0.3, -0.25) is 9.59 Å². The first-order valence-corrected chi connectivity index (χ1v) is 7.04. The Kier molecular flexibility index (Phi) is 3.88. The minimum absolute atomic E-state index is 0.0400. The Hall–Kier alpha value is -1.44. The van der Waals surface area contributed by atoms with Gasteiger partial charge in [0.2, 0.25) is 0 Å². The molecule has 0 radical (unpaired) electrons. The van der Waals surface area contributed by atoms with Crippen molar-refractivity contribution in [3.63, 3.8) is 0 Å². The molecule has 0 aromatic heterocycles. The number of Topliss-reactive ketones (excluding diaryl/α,β-unsaturated/α-hetero) is 2. The maximum Gasteiger partial charge on any atom is 0.165 e. The number of benzene rings is 1. The maximum absolute atomic E-state index is 12.4. The molecule has 1 aromatic carbocycles. The second kappa shape index (κ2) is 5.28. The smallest absolute Gasteiger partial charge is 0.165 e. The highest BCUT2D eigenvalue weighted by Crippen LogP contribution is 2.27. The molecular formula is C17H22O2. The molecule has 102 valence electrons. The first kappa shape index (κ1) is 14.0. The lowest BCUT2D eigenvalue weighted by molar-refractivity contribution is -0.120. The molecule has 2 rings (SSSR count). The zero-order chi connectivity index (χ0) is 14.0. The Morgan fingerprint density at radius 1 is 1.05 bits per heavy atom. The largest absolute Gasteiger partial charge is 0.300 e. The molecule has 1 aromatic rings. The van der Waals surface area contributed by atoms with Crippen molar-refractivity contribution in [2.24, 2.45) is 5.92 Å². The summed E-state index contributed by atoms with van der Waals surface area (Å²) in [5.74, 6) is 0.540. The van der Waals surface area contributed by atoms with Crippen LogP contribution in [0.1, 0.15) is 62.4 Å². The van der Waals surface area contributed by atoms with E-state index in [0.29, 0.717) is 18.6 Å². The van der Waals surface area contributed by atoms with Crippen molar-refractivity contribution in [3.8, 4) is 0 Å². The van der Waals surface area contributed by atoms with Crippen LogP contribution in [0, 0.1) is 5.92 Å². The molecule has 1 saturated carbocycles. The summed E-state index contributed by atoms with van der Waals surface area (Å²) < 4.78 is 0. The first-order chi connectivity index (χ1) is 8.88. The van der Waals surface area contributed by atoms with Gasteiger partial charge in [-0.1, -0.05) is 45.0 Å². The number of hydrogen-bond donors (Lipinski definition) is 0. The van der Waals surface area contributed by atoms with Crippen molar-refractivity contribution in [3.05, 3.63) is 35.4 Å². The molecule has 2 nitrogen and oxygen atoms in total.